The number of nitrogens with zero attached hydrogens (tertiary/aromatic N) is 1. The zero-order chi connectivity index (χ0) is 17.0. The van der Waals surface area contributed by atoms with E-state index in [0.717, 1.165) is 5.56 Å². The molecule has 0 aliphatic heterocycles. The molecule has 0 saturated carbocycles. The van der Waals surface area contributed by atoms with Crippen molar-refractivity contribution in [3.63, 3.8) is 0 Å². The Kier molecular flexibility index (Phi) is 5.15. The Hall–Kier alpha value is -2.64. The molecule has 1 amide bonds. The van der Waals surface area contributed by atoms with Gasteiger partial charge in [0.1, 0.15) is 5.69 Å². The van der Waals surface area contributed by atoms with E-state index in [1.54, 1.807) is 24.3 Å². The Morgan fingerprint density at radius 1 is 1.13 bits per heavy atom. The molecule has 1 aromatic heterocycles. The molecule has 1 heterocycles. The average molecular weight is 327 g/mol. The summed E-state index contributed by atoms with van der Waals surface area (Å²) in [5.74, 6) is -6.86. The molecule has 0 bridgehead atoms. The fraction of sp³-hybridized carbons (Fsp3) is 0.200. The molecule has 2 rings (SSSR count). The van der Waals surface area contributed by atoms with Crippen LogP contribution < -0.4 is 10.6 Å². The lowest BCUT2D eigenvalue weighted by Gasteiger charge is -2.10. The van der Waals surface area contributed by atoms with Crippen LogP contribution in [-0.4, -0.2) is 24.5 Å². The predicted octanol–water partition coefficient (Wildman–Crippen LogP) is 2.65. The van der Waals surface area contributed by atoms with Crippen molar-refractivity contribution in [2.75, 3.05) is 18.9 Å². The summed E-state index contributed by atoms with van der Waals surface area (Å²) in [6, 6.07) is 6.60. The quantitative estimate of drug-likeness (QED) is 0.656. The number of carbonyl (C=O) groups is 1. The summed E-state index contributed by atoms with van der Waals surface area (Å²) in [6.07, 6.45) is 0.287. The summed E-state index contributed by atoms with van der Waals surface area (Å²) in [5.41, 5.74) is 0.246. The highest BCUT2D eigenvalue weighted by molar-refractivity contribution is 5.94. The summed E-state index contributed by atoms with van der Waals surface area (Å²) in [7, 11) is 1.49. The Morgan fingerprint density at radius 2 is 1.78 bits per heavy atom. The third kappa shape index (κ3) is 3.77. The second-order valence-corrected chi connectivity index (χ2v) is 4.65. The monoisotopic (exact) mass is 327 g/mol. The van der Waals surface area contributed by atoms with Crippen LogP contribution in [0.4, 0.5) is 23.2 Å². The lowest BCUT2D eigenvalue weighted by Crippen LogP contribution is -2.18. The van der Waals surface area contributed by atoms with E-state index in [0.29, 0.717) is 5.56 Å². The van der Waals surface area contributed by atoms with Crippen LogP contribution in [0, 0.1) is 23.5 Å². The lowest BCUT2D eigenvalue weighted by atomic mass is 10.1. The van der Waals surface area contributed by atoms with E-state index >= 15 is 0 Å². The van der Waals surface area contributed by atoms with Crippen LogP contribution in [0.15, 0.2) is 24.3 Å². The number of pyridine rings is 1. The number of hydrogen-bond donors (Lipinski definition) is 2. The van der Waals surface area contributed by atoms with E-state index in [2.05, 4.69) is 15.6 Å². The van der Waals surface area contributed by atoms with Gasteiger partial charge in [0.2, 0.25) is 11.6 Å². The highest BCUT2D eigenvalue weighted by atomic mass is 19.2. The number of aromatic nitrogens is 1. The summed E-state index contributed by atoms with van der Waals surface area (Å²) < 4.78 is 52.8. The molecule has 0 radical (unpaired) electrons. The Balaban J connectivity index is 2.08. The van der Waals surface area contributed by atoms with Crippen molar-refractivity contribution in [2.24, 2.45) is 0 Å². The molecular weight excluding hydrogens is 314 g/mol. The Labute approximate surface area is 129 Å². The van der Waals surface area contributed by atoms with Crippen molar-refractivity contribution in [1.82, 2.24) is 10.3 Å². The van der Waals surface area contributed by atoms with Crippen molar-refractivity contribution in [3.05, 3.63) is 58.9 Å². The molecule has 0 atom stereocenters. The topological polar surface area (TPSA) is 54.0 Å². The minimum atomic E-state index is -1.71. The number of carbonyl (C=O) groups excluding carboxylic acids is 1. The van der Waals surface area contributed by atoms with Gasteiger partial charge in [-0.05, 0) is 24.1 Å². The molecular formula is C15H13F4N3O. The number of anilines is 1. The molecule has 0 aliphatic rings. The minimum Gasteiger partial charge on any atom is -0.380 e. The highest BCUT2D eigenvalue weighted by Crippen LogP contribution is 2.21. The number of amides is 1. The van der Waals surface area contributed by atoms with Gasteiger partial charge in [-0.1, -0.05) is 12.1 Å². The lowest BCUT2D eigenvalue weighted by molar-refractivity contribution is 0.0963. The number of hydrogen-bond acceptors (Lipinski definition) is 3. The Morgan fingerprint density at radius 3 is 2.39 bits per heavy atom. The molecule has 0 aliphatic carbocycles. The van der Waals surface area contributed by atoms with Crippen LogP contribution in [0.1, 0.15) is 15.9 Å². The molecule has 23 heavy (non-hydrogen) atoms. The van der Waals surface area contributed by atoms with Crippen LogP contribution in [0.2, 0.25) is 0 Å². The first-order valence-electron chi connectivity index (χ1n) is 6.69. The molecule has 0 fully saturated rings. The van der Waals surface area contributed by atoms with E-state index in [1.165, 1.54) is 7.05 Å². The first-order valence-corrected chi connectivity index (χ1v) is 6.69. The summed E-state index contributed by atoms with van der Waals surface area (Å²) >= 11 is 0. The zero-order valence-corrected chi connectivity index (χ0v) is 12.1. The van der Waals surface area contributed by atoms with Gasteiger partial charge in [-0.3, -0.25) is 4.79 Å². The molecule has 8 heteroatoms. The van der Waals surface area contributed by atoms with Crippen LogP contribution in [-0.2, 0) is 6.42 Å². The minimum absolute atomic E-state index is 0.00787. The largest absolute Gasteiger partial charge is 0.380 e. The number of halogens is 4. The van der Waals surface area contributed by atoms with Crippen LogP contribution in [0.3, 0.4) is 0 Å². The first kappa shape index (κ1) is 16.7. The SMILES string of the molecule is CNC(=O)c1cccc(CCNc2c(F)c(F)nc(F)c2F)c1. The van der Waals surface area contributed by atoms with Crippen molar-refractivity contribution in [3.8, 4) is 0 Å². The standard InChI is InChI=1S/C15H13F4N3O/c1-20-15(23)9-4-2-3-8(7-9)5-6-21-12-10(16)13(18)22-14(19)11(12)17/h2-4,7H,5-6H2,1H3,(H,20,23)(H,21,22). The summed E-state index contributed by atoms with van der Waals surface area (Å²) in [6.45, 7) is 0.00787. The van der Waals surface area contributed by atoms with Gasteiger partial charge in [-0.25, -0.2) is 0 Å². The summed E-state index contributed by atoms with van der Waals surface area (Å²) in [5, 5.41) is 4.78. The second-order valence-electron chi connectivity index (χ2n) is 4.65. The van der Waals surface area contributed by atoms with Gasteiger partial charge in [0.15, 0.2) is 0 Å². The molecule has 0 saturated heterocycles. The maximum Gasteiger partial charge on any atom is 0.253 e. The summed E-state index contributed by atoms with van der Waals surface area (Å²) in [4.78, 5) is 14.0. The van der Waals surface area contributed by atoms with Crippen LogP contribution >= 0.6 is 0 Å². The van der Waals surface area contributed by atoms with Crippen molar-refractivity contribution in [1.29, 1.82) is 0 Å². The number of nitrogens with one attached hydrogen (secondary N) is 2. The number of benzene rings is 1. The fourth-order valence-electron chi connectivity index (χ4n) is 1.99. The smallest absolute Gasteiger partial charge is 0.253 e. The van der Waals surface area contributed by atoms with Gasteiger partial charge >= 0.3 is 0 Å². The predicted molar refractivity (Wildman–Crippen MR) is 76.1 cm³/mol. The van der Waals surface area contributed by atoms with Crippen molar-refractivity contribution < 1.29 is 22.4 Å². The van der Waals surface area contributed by atoms with E-state index in [9.17, 15) is 22.4 Å². The highest BCUT2D eigenvalue weighted by Gasteiger charge is 2.20. The number of rotatable bonds is 5. The molecule has 1 aromatic carbocycles. The van der Waals surface area contributed by atoms with Gasteiger partial charge in [0, 0.05) is 19.2 Å². The maximum atomic E-state index is 13.4. The zero-order valence-electron chi connectivity index (χ0n) is 12.1. The molecule has 122 valence electrons. The van der Waals surface area contributed by atoms with Gasteiger partial charge in [-0.15, -0.1) is 0 Å². The molecule has 0 unspecified atom stereocenters. The third-order valence-electron chi connectivity index (χ3n) is 3.13. The average Bonchev–Trinajstić information content (AvgIpc) is 2.55. The third-order valence-corrected chi connectivity index (χ3v) is 3.13. The van der Waals surface area contributed by atoms with Gasteiger partial charge in [0.05, 0.1) is 0 Å². The molecule has 2 aromatic rings. The molecule has 4 nitrogen and oxygen atoms in total. The van der Waals surface area contributed by atoms with Crippen molar-refractivity contribution in [2.45, 2.75) is 6.42 Å². The van der Waals surface area contributed by atoms with Crippen LogP contribution in [0.25, 0.3) is 0 Å². The van der Waals surface area contributed by atoms with E-state index < -0.39 is 29.2 Å². The van der Waals surface area contributed by atoms with E-state index in [1.807, 2.05) is 0 Å². The first-order chi connectivity index (χ1) is 10.9. The van der Waals surface area contributed by atoms with Crippen molar-refractivity contribution >= 4 is 11.6 Å². The maximum absolute atomic E-state index is 13.4. The van der Waals surface area contributed by atoms with Gasteiger partial charge in [-0.2, -0.15) is 22.5 Å². The fourth-order valence-corrected chi connectivity index (χ4v) is 1.99. The Bertz CT molecular complexity index is 711. The molecule has 2 N–H and O–H groups in total. The van der Waals surface area contributed by atoms with E-state index in [4.69, 9.17) is 0 Å². The second kappa shape index (κ2) is 7.08. The normalized spacial score (nSPS) is 10.5. The van der Waals surface area contributed by atoms with Gasteiger partial charge in [0.25, 0.3) is 17.8 Å². The molecule has 0 spiro atoms. The van der Waals surface area contributed by atoms with Gasteiger partial charge < -0.3 is 10.6 Å². The van der Waals surface area contributed by atoms with E-state index in [-0.39, 0.29) is 18.9 Å². The van der Waals surface area contributed by atoms with Crippen LogP contribution in [0.5, 0.6) is 0 Å².